The Kier molecular flexibility index (Phi) is 4.62. The van der Waals surface area contributed by atoms with Crippen molar-refractivity contribution in [1.29, 1.82) is 0 Å². The van der Waals surface area contributed by atoms with Crippen LogP contribution >= 0.6 is 0 Å². The molecule has 1 heterocycles. The van der Waals surface area contributed by atoms with Crippen LogP contribution in [0.25, 0.3) is 0 Å². The predicted octanol–water partition coefficient (Wildman–Crippen LogP) is 0.989. The Morgan fingerprint density at radius 1 is 1.64 bits per heavy atom. The van der Waals surface area contributed by atoms with Crippen LogP contribution in [0.3, 0.4) is 0 Å². The number of aryl methyl sites for hydroxylation is 1. The third-order valence-corrected chi connectivity index (χ3v) is 2.10. The number of nitrogens with zero attached hydrogens (tertiary/aromatic N) is 2. The van der Waals surface area contributed by atoms with Crippen molar-refractivity contribution in [3.63, 3.8) is 0 Å². The van der Waals surface area contributed by atoms with E-state index in [1.165, 1.54) is 5.56 Å². The standard InChI is InChI=1S/C10H19N3O/c1-9-6-12-13(8-9)10(2)7-11-4-5-14-3/h6,8,10-11H,4-5,7H2,1-3H3. The lowest BCUT2D eigenvalue weighted by Crippen LogP contribution is -2.26. The molecule has 0 aromatic carbocycles. The van der Waals surface area contributed by atoms with E-state index in [1.807, 2.05) is 10.9 Å². The number of nitrogens with one attached hydrogen (secondary N) is 1. The fourth-order valence-electron chi connectivity index (χ4n) is 1.25. The molecule has 4 nitrogen and oxygen atoms in total. The van der Waals surface area contributed by atoms with Crippen LogP contribution in [-0.4, -0.2) is 36.6 Å². The molecular formula is C10H19N3O. The lowest BCUT2D eigenvalue weighted by molar-refractivity contribution is 0.198. The van der Waals surface area contributed by atoms with Crippen LogP contribution in [0.4, 0.5) is 0 Å². The van der Waals surface area contributed by atoms with E-state index in [2.05, 4.69) is 30.5 Å². The first-order valence-corrected chi connectivity index (χ1v) is 4.94. The van der Waals surface area contributed by atoms with Gasteiger partial charge in [-0.05, 0) is 19.4 Å². The van der Waals surface area contributed by atoms with E-state index in [-0.39, 0.29) is 0 Å². The predicted molar refractivity (Wildman–Crippen MR) is 56.4 cm³/mol. The van der Waals surface area contributed by atoms with Crippen molar-refractivity contribution < 1.29 is 4.74 Å². The number of ether oxygens (including phenoxy) is 1. The summed E-state index contributed by atoms with van der Waals surface area (Å²) in [7, 11) is 1.71. The molecule has 0 aliphatic heterocycles. The summed E-state index contributed by atoms with van der Waals surface area (Å²) < 4.78 is 6.93. The van der Waals surface area contributed by atoms with Crippen molar-refractivity contribution in [1.82, 2.24) is 15.1 Å². The van der Waals surface area contributed by atoms with Gasteiger partial charge in [-0.3, -0.25) is 4.68 Å². The fraction of sp³-hybridized carbons (Fsp3) is 0.700. The van der Waals surface area contributed by atoms with Crippen molar-refractivity contribution in [3.8, 4) is 0 Å². The van der Waals surface area contributed by atoms with Gasteiger partial charge in [-0.15, -0.1) is 0 Å². The van der Waals surface area contributed by atoms with E-state index in [9.17, 15) is 0 Å². The first-order chi connectivity index (χ1) is 6.74. The molecule has 0 fully saturated rings. The van der Waals surface area contributed by atoms with Crippen LogP contribution < -0.4 is 5.32 Å². The topological polar surface area (TPSA) is 39.1 Å². The second-order valence-corrected chi connectivity index (χ2v) is 3.54. The Hall–Kier alpha value is -0.870. The molecule has 1 aromatic rings. The molecule has 0 saturated heterocycles. The number of rotatable bonds is 6. The molecule has 0 radical (unpaired) electrons. The van der Waals surface area contributed by atoms with Crippen molar-refractivity contribution in [3.05, 3.63) is 18.0 Å². The summed E-state index contributed by atoms with van der Waals surface area (Å²) in [5.41, 5.74) is 1.20. The van der Waals surface area contributed by atoms with Gasteiger partial charge in [0.25, 0.3) is 0 Å². The smallest absolute Gasteiger partial charge is 0.0615 e. The molecule has 0 saturated carbocycles. The molecule has 1 atom stereocenters. The van der Waals surface area contributed by atoms with Crippen LogP contribution in [0, 0.1) is 6.92 Å². The summed E-state index contributed by atoms with van der Waals surface area (Å²) >= 11 is 0. The Morgan fingerprint density at radius 3 is 3.00 bits per heavy atom. The maximum absolute atomic E-state index is 4.95. The monoisotopic (exact) mass is 197 g/mol. The molecule has 14 heavy (non-hydrogen) atoms. The second kappa shape index (κ2) is 5.78. The van der Waals surface area contributed by atoms with Gasteiger partial charge in [0, 0.05) is 26.4 Å². The van der Waals surface area contributed by atoms with Gasteiger partial charge < -0.3 is 10.1 Å². The highest BCUT2D eigenvalue weighted by molar-refractivity contribution is 5.00. The van der Waals surface area contributed by atoms with Gasteiger partial charge >= 0.3 is 0 Å². The summed E-state index contributed by atoms with van der Waals surface area (Å²) in [5.74, 6) is 0. The first-order valence-electron chi connectivity index (χ1n) is 4.94. The van der Waals surface area contributed by atoms with E-state index in [1.54, 1.807) is 7.11 Å². The zero-order chi connectivity index (χ0) is 10.4. The van der Waals surface area contributed by atoms with Gasteiger partial charge in [-0.1, -0.05) is 0 Å². The molecule has 0 aliphatic rings. The van der Waals surface area contributed by atoms with Gasteiger partial charge in [0.15, 0.2) is 0 Å². The second-order valence-electron chi connectivity index (χ2n) is 3.54. The van der Waals surface area contributed by atoms with Crippen LogP contribution in [-0.2, 0) is 4.74 Å². The highest BCUT2D eigenvalue weighted by Crippen LogP contribution is 2.03. The molecule has 0 amide bonds. The third-order valence-electron chi connectivity index (χ3n) is 2.10. The maximum Gasteiger partial charge on any atom is 0.0615 e. The lowest BCUT2D eigenvalue weighted by Gasteiger charge is -2.12. The molecular weight excluding hydrogens is 178 g/mol. The van der Waals surface area contributed by atoms with E-state index in [4.69, 9.17) is 4.74 Å². The van der Waals surface area contributed by atoms with E-state index in [0.717, 1.165) is 19.7 Å². The minimum absolute atomic E-state index is 0.389. The number of aromatic nitrogens is 2. The average molecular weight is 197 g/mol. The number of methoxy groups -OCH3 is 1. The van der Waals surface area contributed by atoms with Crippen LogP contribution in [0.1, 0.15) is 18.5 Å². The molecule has 1 rings (SSSR count). The number of hydrogen-bond acceptors (Lipinski definition) is 3. The van der Waals surface area contributed by atoms with Crippen molar-refractivity contribution in [2.24, 2.45) is 0 Å². The van der Waals surface area contributed by atoms with Crippen LogP contribution in [0.5, 0.6) is 0 Å². The molecule has 80 valence electrons. The molecule has 1 unspecified atom stereocenters. The molecule has 1 aromatic heterocycles. The Bertz CT molecular complexity index is 260. The summed E-state index contributed by atoms with van der Waals surface area (Å²) in [6, 6.07) is 0.389. The third kappa shape index (κ3) is 3.47. The highest BCUT2D eigenvalue weighted by atomic mass is 16.5. The highest BCUT2D eigenvalue weighted by Gasteiger charge is 2.03. The van der Waals surface area contributed by atoms with Gasteiger partial charge in [0.1, 0.15) is 0 Å². The quantitative estimate of drug-likeness (QED) is 0.691. The van der Waals surface area contributed by atoms with Gasteiger partial charge in [-0.2, -0.15) is 5.10 Å². The summed E-state index contributed by atoms with van der Waals surface area (Å²) in [4.78, 5) is 0. The van der Waals surface area contributed by atoms with Crippen molar-refractivity contribution in [2.75, 3.05) is 26.8 Å². The molecule has 0 aliphatic carbocycles. The van der Waals surface area contributed by atoms with Gasteiger partial charge in [-0.25, -0.2) is 0 Å². The fourth-order valence-corrected chi connectivity index (χ4v) is 1.25. The summed E-state index contributed by atoms with van der Waals surface area (Å²) in [6.07, 6.45) is 3.94. The zero-order valence-corrected chi connectivity index (χ0v) is 9.16. The van der Waals surface area contributed by atoms with E-state index < -0.39 is 0 Å². The van der Waals surface area contributed by atoms with E-state index in [0.29, 0.717) is 6.04 Å². The summed E-state index contributed by atoms with van der Waals surface area (Å²) in [5, 5.41) is 7.57. The minimum atomic E-state index is 0.389. The van der Waals surface area contributed by atoms with Crippen LogP contribution in [0.2, 0.25) is 0 Å². The molecule has 0 spiro atoms. The summed E-state index contributed by atoms with van der Waals surface area (Å²) in [6.45, 7) is 6.76. The van der Waals surface area contributed by atoms with E-state index >= 15 is 0 Å². The van der Waals surface area contributed by atoms with Gasteiger partial charge in [0.2, 0.25) is 0 Å². The van der Waals surface area contributed by atoms with Crippen molar-refractivity contribution in [2.45, 2.75) is 19.9 Å². The normalized spacial score (nSPS) is 13.1. The minimum Gasteiger partial charge on any atom is -0.383 e. The van der Waals surface area contributed by atoms with Gasteiger partial charge in [0.05, 0.1) is 18.8 Å². The average Bonchev–Trinajstić information content (AvgIpc) is 2.59. The first kappa shape index (κ1) is 11.2. The molecule has 1 N–H and O–H groups in total. The van der Waals surface area contributed by atoms with Crippen LogP contribution in [0.15, 0.2) is 12.4 Å². The SMILES string of the molecule is COCCNCC(C)n1cc(C)cn1. The molecule has 4 heteroatoms. The Balaban J connectivity index is 2.25. The Labute approximate surface area is 85.3 Å². The Morgan fingerprint density at radius 2 is 2.43 bits per heavy atom. The zero-order valence-electron chi connectivity index (χ0n) is 9.16. The largest absolute Gasteiger partial charge is 0.383 e. The lowest BCUT2D eigenvalue weighted by atomic mass is 10.3. The number of hydrogen-bond donors (Lipinski definition) is 1. The molecule has 0 bridgehead atoms. The maximum atomic E-state index is 4.95. The van der Waals surface area contributed by atoms with Crippen molar-refractivity contribution >= 4 is 0 Å².